The fourth-order valence-electron chi connectivity index (χ4n) is 4.38. The third kappa shape index (κ3) is 2.13. The van der Waals surface area contributed by atoms with Crippen molar-refractivity contribution in [3.8, 4) is 0 Å². The number of H-pyrrole nitrogens is 1. The zero-order chi connectivity index (χ0) is 17.1. The van der Waals surface area contributed by atoms with E-state index in [0.29, 0.717) is 11.2 Å². The maximum absolute atomic E-state index is 15.0. The minimum atomic E-state index is -0.607. The number of nitrogens with two attached hydrogens (primary N) is 1. The van der Waals surface area contributed by atoms with Crippen LogP contribution in [0.25, 0.3) is 10.9 Å². The standard InChI is InChI=1S/C18H23FN4O/c1-10-11(2)22-15-12(17(20)24)7-13(19)16(14(10)15)23-6-4-18(9-23)3-5-21-8-18/h7,21-22H,3-6,8-9H2,1-2H3,(H2,20,24)/t18-/m1/s1. The number of anilines is 1. The number of primary amides is 1. The first kappa shape index (κ1) is 15.4. The highest BCUT2D eigenvalue weighted by molar-refractivity contribution is 6.10. The van der Waals surface area contributed by atoms with Gasteiger partial charge in [-0.2, -0.15) is 0 Å². The maximum Gasteiger partial charge on any atom is 0.250 e. The van der Waals surface area contributed by atoms with Gasteiger partial charge >= 0.3 is 0 Å². The van der Waals surface area contributed by atoms with Crippen LogP contribution in [0.1, 0.15) is 34.5 Å². The minimum absolute atomic E-state index is 0.221. The largest absolute Gasteiger partial charge is 0.368 e. The Kier molecular flexibility index (Phi) is 3.35. The number of hydrogen-bond donors (Lipinski definition) is 3. The minimum Gasteiger partial charge on any atom is -0.368 e. The second kappa shape index (κ2) is 5.21. The van der Waals surface area contributed by atoms with E-state index in [1.165, 1.54) is 6.07 Å². The second-order valence-corrected chi connectivity index (χ2v) is 7.34. The molecule has 0 bridgehead atoms. The van der Waals surface area contributed by atoms with Crippen LogP contribution in [0.5, 0.6) is 0 Å². The number of amides is 1. The van der Waals surface area contributed by atoms with Gasteiger partial charge in [0.2, 0.25) is 0 Å². The summed E-state index contributed by atoms with van der Waals surface area (Å²) in [7, 11) is 0. The number of halogens is 1. The molecule has 4 rings (SSSR count). The van der Waals surface area contributed by atoms with E-state index in [4.69, 9.17) is 5.73 Å². The number of rotatable bonds is 2. The Balaban J connectivity index is 1.88. The summed E-state index contributed by atoms with van der Waals surface area (Å²) in [6.07, 6.45) is 2.21. The average Bonchev–Trinajstić information content (AvgIpc) is 3.23. The van der Waals surface area contributed by atoms with Crippen molar-refractivity contribution >= 4 is 22.5 Å². The van der Waals surface area contributed by atoms with Crippen LogP contribution in [0.4, 0.5) is 10.1 Å². The van der Waals surface area contributed by atoms with Gasteiger partial charge in [0.1, 0.15) is 5.82 Å². The molecule has 5 nitrogen and oxygen atoms in total. The molecule has 1 amide bonds. The third-order valence-corrected chi connectivity index (χ3v) is 5.86. The highest BCUT2D eigenvalue weighted by Gasteiger charge is 2.41. The first-order chi connectivity index (χ1) is 11.4. The highest BCUT2D eigenvalue weighted by Crippen LogP contribution is 2.43. The van der Waals surface area contributed by atoms with Gasteiger partial charge in [0.05, 0.1) is 16.8 Å². The van der Waals surface area contributed by atoms with Crippen molar-refractivity contribution < 1.29 is 9.18 Å². The molecule has 6 heteroatoms. The summed E-state index contributed by atoms with van der Waals surface area (Å²) in [5.74, 6) is -0.967. The van der Waals surface area contributed by atoms with Crippen LogP contribution in [0, 0.1) is 25.1 Å². The summed E-state index contributed by atoms with van der Waals surface area (Å²) in [4.78, 5) is 17.1. The fraction of sp³-hybridized carbons (Fsp3) is 0.500. The number of aromatic nitrogens is 1. The van der Waals surface area contributed by atoms with E-state index in [0.717, 1.165) is 55.7 Å². The zero-order valence-electron chi connectivity index (χ0n) is 14.1. The van der Waals surface area contributed by atoms with Crippen LogP contribution < -0.4 is 16.0 Å². The maximum atomic E-state index is 15.0. The molecule has 1 aromatic heterocycles. The topological polar surface area (TPSA) is 74.2 Å². The number of carbonyl (C=O) groups is 1. The van der Waals surface area contributed by atoms with Crippen LogP contribution in [-0.4, -0.2) is 37.1 Å². The van der Waals surface area contributed by atoms with Crippen molar-refractivity contribution in [3.63, 3.8) is 0 Å². The molecule has 0 unspecified atom stereocenters. The monoisotopic (exact) mass is 330 g/mol. The van der Waals surface area contributed by atoms with Crippen LogP contribution in [-0.2, 0) is 0 Å². The quantitative estimate of drug-likeness (QED) is 0.790. The molecule has 2 aliphatic rings. The summed E-state index contributed by atoms with van der Waals surface area (Å²) in [5, 5.41) is 4.23. The van der Waals surface area contributed by atoms with Gasteiger partial charge < -0.3 is 20.9 Å². The molecule has 1 aromatic carbocycles. The van der Waals surface area contributed by atoms with Crippen LogP contribution in [0.3, 0.4) is 0 Å². The average molecular weight is 330 g/mol. The van der Waals surface area contributed by atoms with E-state index >= 15 is 0 Å². The first-order valence-corrected chi connectivity index (χ1v) is 8.49. The van der Waals surface area contributed by atoms with Gasteiger partial charge in [-0.1, -0.05) is 0 Å². The molecule has 2 saturated heterocycles. The molecule has 4 N–H and O–H groups in total. The molecule has 0 radical (unpaired) electrons. The van der Waals surface area contributed by atoms with Crippen LogP contribution in [0.15, 0.2) is 6.07 Å². The lowest BCUT2D eigenvalue weighted by Gasteiger charge is -2.25. The summed E-state index contributed by atoms with van der Waals surface area (Å²) in [6, 6.07) is 1.28. The van der Waals surface area contributed by atoms with Crippen LogP contribution >= 0.6 is 0 Å². The van der Waals surface area contributed by atoms with Gasteiger partial charge in [-0.05, 0) is 44.9 Å². The van der Waals surface area contributed by atoms with Gasteiger partial charge in [0.15, 0.2) is 0 Å². The van der Waals surface area contributed by atoms with Crippen molar-refractivity contribution in [2.24, 2.45) is 11.1 Å². The van der Waals surface area contributed by atoms with Crippen LogP contribution in [0.2, 0.25) is 0 Å². The second-order valence-electron chi connectivity index (χ2n) is 7.34. The number of benzene rings is 1. The van der Waals surface area contributed by atoms with Crippen molar-refractivity contribution in [1.82, 2.24) is 10.3 Å². The Morgan fingerprint density at radius 1 is 1.38 bits per heavy atom. The number of aryl methyl sites for hydroxylation is 2. The Bertz CT molecular complexity index is 835. The SMILES string of the molecule is Cc1[nH]c2c(C(N)=O)cc(F)c(N3CC[C@@]4(CCNC4)C3)c2c1C. The number of hydrogen-bond acceptors (Lipinski definition) is 3. The van der Waals surface area contributed by atoms with Crippen molar-refractivity contribution in [1.29, 1.82) is 0 Å². The first-order valence-electron chi connectivity index (χ1n) is 8.49. The van der Waals surface area contributed by atoms with Crippen molar-refractivity contribution in [2.45, 2.75) is 26.7 Å². The molecule has 24 heavy (non-hydrogen) atoms. The highest BCUT2D eigenvalue weighted by atomic mass is 19.1. The zero-order valence-corrected chi connectivity index (χ0v) is 14.1. The summed E-state index contributed by atoms with van der Waals surface area (Å²) >= 11 is 0. The third-order valence-electron chi connectivity index (χ3n) is 5.86. The summed E-state index contributed by atoms with van der Waals surface area (Å²) < 4.78 is 15.0. The molecular formula is C18H23FN4O. The van der Waals surface area contributed by atoms with E-state index in [1.54, 1.807) is 0 Å². The van der Waals surface area contributed by atoms with Gasteiger partial charge in [-0.3, -0.25) is 4.79 Å². The lowest BCUT2D eigenvalue weighted by atomic mass is 9.86. The van der Waals surface area contributed by atoms with E-state index in [2.05, 4.69) is 15.2 Å². The van der Waals surface area contributed by atoms with E-state index in [9.17, 15) is 9.18 Å². The molecule has 1 spiro atoms. The lowest BCUT2D eigenvalue weighted by molar-refractivity contribution is 0.100. The molecule has 128 valence electrons. The number of carbonyl (C=O) groups excluding carboxylic acids is 1. The molecule has 1 atom stereocenters. The van der Waals surface area contributed by atoms with Gasteiger partial charge in [-0.15, -0.1) is 0 Å². The number of aromatic amines is 1. The lowest BCUT2D eigenvalue weighted by Crippen LogP contribution is -2.29. The Morgan fingerprint density at radius 3 is 2.83 bits per heavy atom. The molecule has 3 heterocycles. The van der Waals surface area contributed by atoms with Crippen molar-refractivity contribution in [3.05, 3.63) is 28.7 Å². The van der Waals surface area contributed by atoms with E-state index in [-0.39, 0.29) is 16.8 Å². The predicted octanol–water partition coefficient (Wildman–Crippen LogP) is 2.21. The normalized spacial score (nSPS) is 23.7. The molecule has 0 saturated carbocycles. The molecule has 0 aliphatic carbocycles. The Hall–Kier alpha value is -2.08. The smallest absolute Gasteiger partial charge is 0.250 e. The number of nitrogens with zero attached hydrogens (tertiary/aromatic N) is 1. The number of fused-ring (bicyclic) bond motifs is 1. The molecular weight excluding hydrogens is 307 g/mol. The molecule has 2 fully saturated rings. The van der Waals surface area contributed by atoms with Crippen molar-refractivity contribution in [2.75, 3.05) is 31.1 Å². The summed E-state index contributed by atoms with van der Waals surface area (Å²) in [6.45, 7) is 7.63. The molecule has 2 aliphatic heterocycles. The Morgan fingerprint density at radius 2 is 2.17 bits per heavy atom. The van der Waals surface area contributed by atoms with Gasteiger partial charge in [0, 0.05) is 36.1 Å². The van der Waals surface area contributed by atoms with E-state index < -0.39 is 5.91 Å². The van der Waals surface area contributed by atoms with E-state index in [1.807, 2.05) is 13.8 Å². The van der Waals surface area contributed by atoms with Gasteiger partial charge in [-0.25, -0.2) is 4.39 Å². The number of nitrogens with one attached hydrogen (secondary N) is 2. The summed E-state index contributed by atoms with van der Waals surface area (Å²) in [5.41, 5.74) is 9.11. The Labute approximate surface area is 140 Å². The van der Waals surface area contributed by atoms with Gasteiger partial charge in [0.25, 0.3) is 5.91 Å². The predicted molar refractivity (Wildman–Crippen MR) is 93.0 cm³/mol. The fourth-order valence-corrected chi connectivity index (χ4v) is 4.38. The molecule has 2 aromatic rings.